The molecule has 1 aromatic rings. The molecule has 1 aliphatic carbocycles. The van der Waals surface area contributed by atoms with E-state index in [-0.39, 0.29) is 31.6 Å². The molecule has 10 heteroatoms. The topological polar surface area (TPSA) is 115 Å². The standard InChI is InChI=1S/C21H27BrN2O7/c1-11-13-8-21(17(25)26,18(27)29-5)9-14(13)15(22)23-16(11)30-10-12-6-7-24(12)19(28)31-20(2,3)4/h12H,6-10H2,1-5H3,(H,25,26)/t12-,21?/m0/s1. The van der Waals surface area contributed by atoms with Crippen LogP contribution in [-0.4, -0.2) is 64.9 Å². The van der Waals surface area contributed by atoms with Gasteiger partial charge in [0, 0.05) is 24.9 Å². The second kappa shape index (κ2) is 8.29. The lowest BCUT2D eigenvalue weighted by molar-refractivity contribution is -0.166. The average Bonchev–Trinajstić information content (AvgIpc) is 3.05. The Kier molecular flexibility index (Phi) is 6.23. The fraction of sp³-hybridized carbons (Fsp3) is 0.619. The molecule has 0 bridgehead atoms. The highest BCUT2D eigenvalue weighted by Gasteiger charge is 2.53. The number of nitrogens with zero attached hydrogens (tertiary/aromatic N) is 2. The predicted octanol–water partition coefficient (Wildman–Crippen LogP) is 2.88. The molecule has 0 aromatic carbocycles. The number of halogens is 1. The third kappa shape index (κ3) is 4.35. The zero-order chi connectivity index (χ0) is 23.1. The van der Waals surface area contributed by atoms with E-state index in [2.05, 4.69) is 20.9 Å². The van der Waals surface area contributed by atoms with Gasteiger partial charge >= 0.3 is 18.0 Å². The summed E-state index contributed by atoms with van der Waals surface area (Å²) in [7, 11) is 1.18. The van der Waals surface area contributed by atoms with Gasteiger partial charge in [-0.15, -0.1) is 0 Å². The van der Waals surface area contributed by atoms with Crippen molar-refractivity contribution in [2.75, 3.05) is 20.3 Å². The van der Waals surface area contributed by atoms with Crippen molar-refractivity contribution < 1.29 is 33.7 Å². The van der Waals surface area contributed by atoms with Gasteiger partial charge in [0.15, 0.2) is 5.41 Å². The number of methoxy groups -OCH3 is 1. The minimum absolute atomic E-state index is 0.00111. The Morgan fingerprint density at radius 3 is 2.42 bits per heavy atom. The van der Waals surface area contributed by atoms with E-state index in [0.717, 1.165) is 6.42 Å². The van der Waals surface area contributed by atoms with Gasteiger partial charge < -0.3 is 24.2 Å². The number of fused-ring (bicyclic) bond motifs is 1. The number of carbonyl (C=O) groups is 3. The molecule has 2 heterocycles. The molecule has 3 rings (SSSR count). The third-order valence-electron chi connectivity index (χ3n) is 5.71. The van der Waals surface area contributed by atoms with Crippen molar-refractivity contribution in [2.45, 2.75) is 58.6 Å². The quantitative estimate of drug-likeness (QED) is 0.374. The first-order valence-electron chi connectivity index (χ1n) is 10.0. The van der Waals surface area contributed by atoms with Crippen LogP contribution >= 0.6 is 15.9 Å². The number of pyridine rings is 1. The number of aromatic nitrogens is 1. The summed E-state index contributed by atoms with van der Waals surface area (Å²) in [6.07, 6.45) is 0.404. The highest BCUT2D eigenvalue weighted by atomic mass is 79.9. The minimum atomic E-state index is -1.67. The van der Waals surface area contributed by atoms with E-state index >= 15 is 0 Å². The molecule has 1 saturated heterocycles. The van der Waals surface area contributed by atoms with E-state index in [4.69, 9.17) is 14.2 Å². The number of carboxylic acids is 1. The van der Waals surface area contributed by atoms with Gasteiger partial charge in [0.05, 0.1) is 13.2 Å². The monoisotopic (exact) mass is 498 g/mol. The molecular weight excluding hydrogens is 472 g/mol. The van der Waals surface area contributed by atoms with Crippen molar-refractivity contribution in [2.24, 2.45) is 5.41 Å². The summed E-state index contributed by atoms with van der Waals surface area (Å²) < 4.78 is 16.5. The third-order valence-corrected chi connectivity index (χ3v) is 6.37. The maximum Gasteiger partial charge on any atom is 0.410 e. The largest absolute Gasteiger partial charge is 0.480 e. The van der Waals surface area contributed by atoms with Gasteiger partial charge in [-0.05, 0) is 61.2 Å². The van der Waals surface area contributed by atoms with Crippen LogP contribution in [-0.2, 0) is 31.9 Å². The van der Waals surface area contributed by atoms with Crippen molar-refractivity contribution in [3.63, 3.8) is 0 Å². The van der Waals surface area contributed by atoms with Crippen LogP contribution in [0, 0.1) is 12.3 Å². The molecule has 0 saturated carbocycles. The lowest BCUT2D eigenvalue weighted by Gasteiger charge is -2.41. The summed E-state index contributed by atoms with van der Waals surface area (Å²) in [6, 6.07) is -0.128. The zero-order valence-electron chi connectivity index (χ0n) is 18.3. The smallest absolute Gasteiger partial charge is 0.410 e. The number of esters is 1. The summed E-state index contributed by atoms with van der Waals surface area (Å²) in [5, 5.41) is 9.75. The summed E-state index contributed by atoms with van der Waals surface area (Å²) in [5.74, 6) is -1.67. The highest BCUT2D eigenvalue weighted by molar-refractivity contribution is 9.10. The van der Waals surface area contributed by atoms with Gasteiger partial charge in [-0.2, -0.15) is 0 Å². The van der Waals surface area contributed by atoms with Crippen LogP contribution in [0.2, 0.25) is 0 Å². The number of ether oxygens (including phenoxy) is 3. The van der Waals surface area contributed by atoms with Crippen LogP contribution in [0.3, 0.4) is 0 Å². The highest BCUT2D eigenvalue weighted by Crippen LogP contribution is 2.44. The van der Waals surface area contributed by atoms with Crippen molar-refractivity contribution >= 4 is 34.0 Å². The van der Waals surface area contributed by atoms with E-state index in [1.54, 1.807) is 11.8 Å². The number of aliphatic carboxylic acids is 1. The normalized spacial score (nSPS) is 22.4. The Morgan fingerprint density at radius 2 is 1.90 bits per heavy atom. The van der Waals surface area contributed by atoms with Crippen molar-refractivity contribution in [1.29, 1.82) is 0 Å². The first-order valence-corrected chi connectivity index (χ1v) is 10.8. The maximum atomic E-state index is 12.3. The molecule has 31 heavy (non-hydrogen) atoms. The predicted molar refractivity (Wildman–Crippen MR) is 113 cm³/mol. The molecule has 2 aliphatic rings. The van der Waals surface area contributed by atoms with Crippen LogP contribution in [0.4, 0.5) is 4.79 Å². The Labute approximate surface area is 189 Å². The maximum absolute atomic E-state index is 12.3. The fourth-order valence-electron chi connectivity index (χ4n) is 3.87. The van der Waals surface area contributed by atoms with E-state index in [0.29, 0.717) is 33.7 Å². The Balaban J connectivity index is 1.76. The summed E-state index contributed by atoms with van der Waals surface area (Å²) in [5.41, 5.74) is -0.198. The van der Waals surface area contributed by atoms with Crippen molar-refractivity contribution in [3.05, 3.63) is 21.3 Å². The Morgan fingerprint density at radius 1 is 1.26 bits per heavy atom. The van der Waals surface area contributed by atoms with Crippen molar-refractivity contribution in [3.8, 4) is 5.88 Å². The van der Waals surface area contributed by atoms with Gasteiger partial charge in [-0.3, -0.25) is 9.59 Å². The van der Waals surface area contributed by atoms with Crippen LogP contribution in [0.5, 0.6) is 5.88 Å². The first kappa shape index (κ1) is 23.3. The number of likely N-dealkylation sites (tertiary alicyclic amines) is 1. The van der Waals surface area contributed by atoms with Crippen LogP contribution in [0.25, 0.3) is 0 Å². The summed E-state index contributed by atoms with van der Waals surface area (Å²) in [6.45, 7) is 8.07. The molecular formula is C21H27BrN2O7. The Hall–Kier alpha value is -2.36. The average molecular weight is 499 g/mol. The molecule has 1 aromatic heterocycles. The molecule has 170 valence electrons. The number of rotatable bonds is 5. The van der Waals surface area contributed by atoms with Crippen LogP contribution < -0.4 is 4.74 Å². The molecule has 9 nitrogen and oxygen atoms in total. The number of carbonyl (C=O) groups excluding carboxylic acids is 2. The molecule has 1 aliphatic heterocycles. The number of carboxylic acid groups (broad SMARTS) is 1. The zero-order valence-corrected chi connectivity index (χ0v) is 19.9. The molecule has 1 amide bonds. The molecule has 2 atom stereocenters. The van der Waals surface area contributed by atoms with E-state index in [1.165, 1.54) is 7.11 Å². The van der Waals surface area contributed by atoms with Crippen molar-refractivity contribution in [1.82, 2.24) is 9.88 Å². The number of hydrogen-bond donors (Lipinski definition) is 1. The molecule has 1 fully saturated rings. The van der Waals surface area contributed by atoms with Gasteiger partial charge in [0.2, 0.25) is 5.88 Å². The Bertz CT molecular complexity index is 927. The molecule has 0 spiro atoms. The van der Waals surface area contributed by atoms with Gasteiger partial charge in [-0.25, -0.2) is 9.78 Å². The van der Waals surface area contributed by atoms with Gasteiger partial charge in [0.25, 0.3) is 0 Å². The molecule has 1 N–H and O–H groups in total. The van der Waals surface area contributed by atoms with Crippen LogP contribution in [0.15, 0.2) is 4.60 Å². The summed E-state index contributed by atoms with van der Waals surface area (Å²) in [4.78, 5) is 42.6. The number of hydrogen-bond acceptors (Lipinski definition) is 7. The first-order chi connectivity index (χ1) is 14.4. The fourth-order valence-corrected chi connectivity index (χ4v) is 4.41. The summed E-state index contributed by atoms with van der Waals surface area (Å²) >= 11 is 3.39. The van der Waals surface area contributed by atoms with Crippen LogP contribution in [0.1, 0.15) is 43.9 Å². The van der Waals surface area contributed by atoms with E-state index in [9.17, 15) is 19.5 Å². The minimum Gasteiger partial charge on any atom is -0.480 e. The van der Waals surface area contributed by atoms with Gasteiger partial charge in [-0.1, -0.05) is 0 Å². The lowest BCUT2D eigenvalue weighted by atomic mass is 9.84. The molecule has 1 unspecified atom stereocenters. The second-order valence-corrected chi connectivity index (χ2v) is 9.70. The lowest BCUT2D eigenvalue weighted by Crippen LogP contribution is -2.55. The molecule has 0 radical (unpaired) electrons. The SMILES string of the molecule is COC(=O)C1(C(=O)O)Cc2c(Br)nc(OC[C@@H]3CCN3C(=O)OC(C)(C)C)c(C)c2C1. The number of amides is 1. The van der Waals surface area contributed by atoms with Gasteiger partial charge in [0.1, 0.15) is 16.8 Å². The van der Waals surface area contributed by atoms with E-state index < -0.39 is 23.0 Å². The van der Waals surface area contributed by atoms with E-state index in [1.807, 2.05) is 20.8 Å². The second-order valence-electron chi connectivity index (χ2n) is 8.95.